The fraction of sp³-hybridized carbons (Fsp3) is 0.450. The van der Waals surface area contributed by atoms with Gasteiger partial charge in [0, 0.05) is 42.2 Å². The van der Waals surface area contributed by atoms with E-state index in [4.69, 9.17) is 9.47 Å². The van der Waals surface area contributed by atoms with Gasteiger partial charge in [-0.15, -0.1) is 0 Å². The molecule has 1 heterocycles. The standard InChI is InChI=1S/C20H26N4O3/c1-13-21-18-8-6-5-7-17(18)20(22-13)24(2)12-19(25)23-14-9-15(26-3)11-16(10-14)27-4/h9-11H,5-8,12H2,1-4H3,(H,23,25). The number of fused-ring (bicyclic) bond motifs is 1. The number of hydrogen-bond acceptors (Lipinski definition) is 6. The fourth-order valence-electron chi connectivity index (χ4n) is 3.38. The van der Waals surface area contributed by atoms with Crippen molar-refractivity contribution in [2.75, 3.05) is 38.0 Å². The Bertz CT molecular complexity index is 816. The molecule has 2 aromatic rings. The largest absolute Gasteiger partial charge is 0.497 e. The molecule has 0 saturated carbocycles. The molecule has 144 valence electrons. The van der Waals surface area contributed by atoms with Gasteiger partial charge < -0.3 is 19.7 Å². The molecule has 0 bridgehead atoms. The van der Waals surface area contributed by atoms with Gasteiger partial charge in [-0.25, -0.2) is 9.97 Å². The number of nitrogens with zero attached hydrogens (tertiary/aromatic N) is 3. The maximum atomic E-state index is 12.6. The Morgan fingerprint density at radius 2 is 1.78 bits per heavy atom. The first kappa shape index (κ1) is 18.9. The minimum Gasteiger partial charge on any atom is -0.497 e. The predicted octanol–water partition coefficient (Wildman–Crippen LogP) is 2.76. The molecular weight excluding hydrogens is 344 g/mol. The summed E-state index contributed by atoms with van der Waals surface area (Å²) in [5.41, 5.74) is 2.92. The number of aryl methyl sites for hydroxylation is 2. The number of carbonyl (C=O) groups excluding carboxylic acids is 1. The Labute approximate surface area is 159 Å². The predicted molar refractivity (Wildman–Crippen MR) is 105 cm³/mol. The number of nitrogens with one attached hydrogen (secondary N) is 1. The van der Waals surface area contributed by atoms with E-state index in [-0.39, 0.29) is 12.5 Å². The van der Waals surface area contributed by atoms with E-state index in [0.717, 1.165) is 43.0 Å². The average Bonchev–Trinajstić information content (AvgIpc) is 2.66. The van der Waals surface area contributed by atoms with E-state index < -0.39 is 0 Å². The minimum absolute atomic E-state index is 0.131. The van der Waals surface area contributed by atoms with Crippen LogP contribution in [-0.2, 0) is 17.6 Å². The van der Waals surface area contributed by atoms with Gasteiger partial charge in [0.1, 0.15) is 23.1 Å². The van der Waals surface area contributed by atoms with Gasteiger partial charge in [-0.2, -0.15) is 0 Å². The number of aromatic nitrogens is 2. The van der Waals surface area contributed by atoms with Crippen molar-refractivity contribution < 1.29 is 14.3 Å². The van der Waals surface area contributed by atoms with Crippen molar-refractivity contribution in [3.05, 3.63) is 35.3 Å². The van der Waals surface area contributed by atoms with Crippen molar-refractivity contribution in [3.8, 4) is 11.5 Å². The van der Waals surface area contributed by atoms with Gasteiger partial charge in [-0.1, -0.05) is 0 Å². The van der Waals surface area contributed by atoms with Crippen LogP contribution < -0.4 is 19.7 Å². The first-order valence-corrected chi connectivity index (χ1v) is 9.10. The monoisotopic (exact) mass is 370 g/mol. The van der Waals surface area contributed by atoms with Crippen LogP contribution in [0.15, 0.2) is 18.2 Å². The summed E-state index contributed by atoms with van der Waals surface area (Å²) in [5, 5.41) is 2.90. The van der Waals surface area contributed by atoms with Gasteiger partial charge in [0.15, 0.2) is 0 Å². The molecule has 1 aliphatic carbocycles. The fourth-order valence-corrected chi connectivity index (χ4v) is 3.38. The highest BCUT2D eigenvalue weighted by molar-refractivity contribution is 5.94. The minimum atomic E-state index is -0.131. The lowest BCUT2D eigenvalue weighted by Gasteiger charge is -2.25. The first-order valence-electron chi connectivity index (χ1n) is 9.10. The molecule has 1 amide bonds. The van der Waals surface area contributed by atoms with Gasteiger partial charge in [0.2, 0.25) is 5.91 Å². The maximum absolute atomic E-state index is 12.6. The molecule has 0 spiro atoms. The van der Waals surface area contributed by atoms with E-state index in [0.29, 0.717) is 17.2 Å². The molecule has 7 heteroatoms. The van der Waals surface area contributed by atoms with Crippen LogP contribution in [0.3, 0.4) is 0 Å². The van der Waals surface area contributed by atoms with Crippen LogP contribution in [0.5, 0.6) is 11.5 Å². The van der Waals surface area contributed by atoms with E-state index in [1.807, 2.05) is 18.9 Å². The third-order valence-electron chi connectivity index (χ3n) is 4.65. The molecule has 0 unspecified atom stereocenters. The molecule has 7 nitrogen and oxygen atoms in total. The van der Waals surface area contributed by atoms with Gasteiger partial charge in [-0.05, 0) is 32.6 Å². The van der Waals surface area contributed by atoms with Crippen LogP contribution in [0.4, 0.5) is 11.5 Å². The number of hydrogen-bond donors (Lipinski definition) is 1. The molecule has 0 radical (unpaired) electrons. The number of amides is 1. The zero-order valence-electron chi connectivity index (χ0n) is 16.3. The zero-order chi connectivity index (χ0) is 19.4. The lowest BCUT2D eigenvalue weighted by atomic mass is 9.96. The lowest BCUT2D eigenvalue weighted by Crippen LogP contribution is -2.32. The molecule has 1 aliphatic rings. The Hall–Kier alpha value is -2.83. The van der Waals surface area contributed by atoms with Crippen molar-refractivity contribution in [1.29, 1.82) is 0 Å². The van der Waals surface area contributed by atoms with E-state index >= 15 is 0 Å². The molecule has 1 aromatic heterocycles. The van der Waals surface area contributed by atoms with Crippen LogP contribution in [0.2, 0.25) is 0 Å². The van der Waals surface area contributed by atoms with E-state index in [2.05, 4.69) is 15.3 Å². The topological polar surface area (TPSA) is 76.6 Å². The molecule has 3 rings (SSSR count). The summed E-state index contributed by atoms with van der Waals surface area (Å²) >= 11 is 0. The molecular formula is C20H26N4O3. The highest BCUT2D eigenvalue weighted by Crippen LogP contribution is 2.28. The van der Waals surface area contributed by atoms with Crippen LogP contribution in [0.1, 0.15) is 29.9 Å². The zero-order valence-corrected chi connectivity index (χ0v) is 16.3. The smallest absolute Gasteiger partial charge is 0.243 e. The molecule has 27 heavy (non-hydrogen) atoms. The number of anilines is 2. The van der Waals surface area contributed by atoms with Crippen molar-refractivity contribution in [3.63, 3.8) is 0 Å². The van der Waals surface area contributed by atoms with Gasteiger partial charge in [-0.3, -0.25) is 4.79 Å². The highest BCUT2D eigenvalue weighted by Gasteiger charge is 2.20. The molecule has 0 aliphatic heterocycles. The number of rotatable bonds is 6. The van der Waals surface area contributed by atoms with Gasteiger partial charge in [0.25, 0.3) is 0 Å². The third kappa shape index (κ3) is 4.48. The van der Waals surface area contributed by atoms with Crippen LogP contribution in [0.25, 0.3) is 0 Å². The van der Waals surface area contributed by atoms with Crippen molar-refractivity contribution in [1.82, 2.24) is 9.97 Å². The normalized spacial score (nSPS) is 12.9. The molecule has 0 saturated heterocycles. The van der Waals surface area contributed by atoms with E-state index in [1.54, 1.807) is 32.4 Å². The second-order valence-electron chi connectivity index (χ2n) is 6.73. The second kappa shape index (κ2) is 8.24. The summed E-state index contributed by atoms with van der Waals surface area (Å²) in [6.07, 6.45) is 4.24. The maximum Gasteiger partial charge on any atom is 0.243 e. The summed E-state index contributed by atoms with van der Waals surface area (Å²) in [5.74, 6) is 2.72. The Balaban J connectivity index is 1.74. The van der Waals surface area contributed by atoms with Gasteiger partial charge >= 0.3 is 0 Å². The number of methoxy groups -OCH3 is 2. The molecule has 1 aromatic carbocycles. The van der Waals surface area contributed by atoms with Crippen LogP contribution in [0, 0.1) is 6.92 Å². The van der Waals surface area contributed by atoms with Crippen LogP contribution in [-0.4, -0.2) is 43.7 Å². The summed E-state index contributed by atoms with van der Waals surface area (Å²) < 4.78 is 10.5. The molecule has 0 fully saturated rings. The van der Waals surface area contributed by atoms with Gasteiger partial charge in [0.05, 0.1) is 20.8 Å². The van der Waals surface area contributed by atoms with E-state index in [9.17, 15) is 4.79 Å². The first-order chi connectivity index (χ1) is 13.0. The lowest BCUT2D eigenvalue weighted by molar-refractivity contribution is -0.114. The quantitative estimate of drug-likeness (QED) is 0.843. The highest BCUT2D eigenvalue weighted by atomic mass is 16.5. The average molecular weight is 370 g/mol. The Morgan fingerprint density at radius 3 is 2.44 bits per heavy atom. The van der Waals surface area contributed by atoms with E-state index in [1.165, 1.54) is 5.56 Å². The van der Waals surface area contributed by atoms with Crippen molar-refractivity contribution >= 4 is 17.4 Å². The second-order valence-corrected chi connectivity index (χ2v) is 6.73. The number of likely N-dealkylation sites (N-methyl/N-ethyl adjacent to an activating group) is 1. The van der Waals surface area contributed by atoms with Crippen molar-refractivity contribution in [2.24, 2.45) is 0 Å². The number of ether oxygens (including phenoxy) is 2. The summed E-state index contributed by atoms with van der Waals surface area (Å²) in [4.78, 5) is 23.6. The third-order valence-corrected chi connectivity index (χ3v) is 4.65. The molecule has 0 atom stereocenters. The van der Waals surface area contributed by atoms with Crippen LogP contribution >= 0.6 is 0 Å². The Morgan fingerprint density at radius 1 is 1.11 bits per heavy atom. The summed E-state index contributed by atoms with van der Waals surface area (Å²) in [7, 11) is 5.05. The summed E-state index contributed by atoms with van der Waals surface area (Å²) in [6, 6.07) is 5.28. The Kier molecular flexibility index (Phi) is 5.78. The SMILES string of the molecule is COc1cc(NC(=O)CN(C)c2nc(C)nc3c2CCCC3)cc(OC)c1. The number of benzene rings is 1. The van der Waals surface area contributed by atoms with Crippen molar-refractivity contribution in [2.45, 2.75) is 32.6 Å². The number of carbonyl (C=O) groups is 1. The molecule has 1 N–H and O–H groups in total. The summed E-state index contributed by atoms with van der Waals surface area (Å²) in [6.45, 7) is 2.09.